The molecule has 4 aliphatic rings. The molecule has 0 aromatic heterocycles. The summed E-state index contributed by atoms with van der Waals surface area (Å²) in [5, 5.41) is 13.4. The van der Waals surface area contributed by atoms with Crippen LogP contribution in [0.1, 0.15) is 20.4 Å². The number of hydrogen-bond acceptors (Lipinski definition) is 9. The van der Waals surface area contributed by atoms with Gasteiger partial charge in [-0.3, -0.25) is 18.3 Å². The first kappa shape index (κ1) is 50.8. The third-order valence-electron chi connectivity index (χ3n) is 12.9. The lowest BCUT2D eigenvalue weighted by atomic mass is 10.0. The Hall–Kier alpha value is -7.10. The second-order valence-electron chi connectivity index (χ2n) is 17.6. The van der Waals surface area contributed by atoms with Crippen molar-refractivity contribution < 1.29 is 41.5 Å². The van der Waals surface area contributed by atoms with Crippen molar-refractivity contribution in [2.75, 3.05) is 19.0 Å². The number of aromatic hydroxyl groups is 1. The quantitative estimate of drug-likeness (QED) is 0.172. The zero-order valence-corrected chi connectivity index (χ0v) is 42.2. The third-order valence-corrected chi connectivity index (χ3v) is 22.4. The number of phenolic OH excluding ortho intramolecular Hbond substituents is 1. The van der Waals surface area contributed by atoms with Gasteiger partial charge in [-0.2, -0.15) is 0 Å². The highest BCUT2D eigenvalue weighted by atomic mass is 31.2. The molecule has 1 N–H and O–H groups in total. The first-order chi connectivity index (χ1) is 34.4. The summed E-state index contributed by atoms with van der Waals surface area (Å²) < 4.78 is 78.3. The second kappa shape index (κ2) is 20.1. The highest BCUT2D eigenvalue weighted by molar-refractivity contribution is 7.75. The number of phenols is 1. The van der Waals surface area contributed by atoms with Crippen LogP contribution >= 0.6 is 29.5 Å². The summed E-state index contributed by atoms with van der Waals surface area (Å²) in [6.45, 7) is 3.57. The lowest BCUT2D eigenvalue weighted by Gasteiger charge is -2.32. The van der Waals surface area contributed by atoms with Crippen LogP contribution in [0.15, 0.2) is 212 Å². The molecule has 0 bridgehead atoms. The third kappa shape index (κ3) is 9.22. The zero-order valence-electron chi connectivity index (χ0n) is 38.6. The van der Waals surface area contributed by atoms with Crippen molar-refractivity contribution in [2.45, 2.75) is 21.8 Å². The fourth-order valence-electron chi connectivity index (χ4n) is 9.57. The van der Waals surface area contributed by atoms with Crippen molar-refractivity contribution in [1.82, 2.24) is 0 Å². The number of benzene rings is 9. The van der Waals surface area contributed by atoms with Crippen LogP contribution < -0.4 is 44.6 Å². The van der Waals surface area contributed by atoms with E-state index in [1.54, 1.807) is 24.9 Å². The van der Waals surface area contributed by atoms with E-state index in [9.17, 15) is 23.4 Å². The van der Waals surface area contributed by atoms with Crippen LogP contribution in [0.3, 0.4) is 0 Å². The zero-order chi connectivity index (χ0) is 49.0. The fourth-order valence-corrected chi connectivity index (χ4v) is 19.3. The van der Waals surface area contributed by atoms with E-state index in [0.29, 0.717) is 44.2 Å². The molecule has 4 aliphatic heterocycles. The van der Waals surface area contributed by atoms with E-state index >= 15 is 0 Å². The molecule has 9 aromatic carbocycles. The molecular weight excluding hydrogens is 989 g/mol. The molecule has 13 rings (SSSR count). The van der Waals surface area contributed by atoms with Gasteiger partial charge >= 0.3 is 7.37 Å². The monoisotopic (exact) mass is 1040 g/mol. The Kier molecular flexibility index (Phi) is 14.0. The molecule has 9 nitrogen and oxygen atoms in total. The maximum Gasteiger partial charge on any atom is 0.311 e. The molecule has 0 fully saturated rings. The topological polar surface area (TPSA) is 125 Å². The molecule has 0 spiro atoms. The highest BCUT2D eigenvalue weighted by Crippen LogP contribution is 2.61. The molecule has 368 valence electrons. The minimum atomic E-state index is -3.40. The van der Waals surface area contributed by atoms with E-state index in [-0.39, 0.29) is 32.9 Å². The van der Waals surface area contributed by atoms with Crippen LogP contribution in [0.25, 0.3) is 44.5 Å². The van der Waals surface area contributed by atoms with Crippen LogP contribution in [0.2, 0.25) is 0 Å². The van der Waals surface area contributed by atoms with Gasteiger partial charge in [-0.05, 0) is 95.4 Å². The predicted molar refractivity (Wildman–Crippen MR) is 301 cm³/mol. The van der Waals surface area contributed by atoms with Gasteiger partial charge in [0, 0.05) is 41.2 Å². The number of rotatable bonds is 4. The molecule has 9 aromatic rings. The molecule has 4 heterocycles. The van der Waals surface area contributed by atoms with Crippen LogP contribution in [0, 0.1) is 6.92 Å². The van der Waals surface area contributed by atoms with Crippen LogP contribution in [0.5, 0.6) is 28.7 Å². The van der Waals surface area contributed by atoms with Crippen molar-refractivity contribution in [3.63, 3.8) is 0 Å². The van der Waals surface area contributed by atoms with Crippen molar-refractivity contribution in [1.29, 1.82) is 0 Å². The normalized spacial score (nSPS) is 20.5. The van der Waals surface area contributed by atoms with Crippen LogP contribution in [0.4, 0.5) is 0 Å². The highest BCUT2D eigenvalue weighted by Gasteiger charge is 2.43. The van der Waals surface area contributed by atoms with Gasteiger partial charge in [0.1, 0.15) is 28.7 Å². The Balaban J connectivity index is 0.000000141. The minimum Gasteiger partial charge on any atom is -0.507 e. The Labute approximate surface area is 427 Å². The van der Waals surface area contributed by atoms with Crippen LogP contribution in [-0.4, -0.2) is 24.1 Å². The Bertz CT molecular complexity index is 3660. The second-order valence-corrected chi connectivity index (χ2v) is 27.1. The molecule has 73 heavy (non-hydrogen) atoms. The van der Waals surface area contributed by atoms with Gasteiger partial charge in [-0.1, -0.05) is 167 Å². The van der Waals surface area contributed by atoms with Gasteiger partial charge < -0.3 is 23.2 Å². The molecule has 4 atom stereocenters. The first-order valence-electron chi connectivity index (χ1n) is 23.1. The van der Waals surface area contributed by atoms with Crippen LogP contribution in [-0.2, 0) is 18.3 Å². The Morgan fingerprint density at radius 1 is 0.356 bits per heavy atom. The SMILES string of the molecule is C.C.CP1(=O)Oc2ccccc2-c2ccccc21.Cc1ccc(O)c(P2(=O)Oc3ccccc3-c3ccccc32)c1.O=P1(CCP2(=O)Oc3ccccc3-c3ccccc32)Oc2ccccc2-c2ccccc21. The molecule has 4 unspecified atom stereocenters. The number of para-hydroxylation sites is 4. The summed E-state index contributed by atoms with van der Waals surface area (Å²) in [5.74, 6) is 2.49. The van der Waals surface area contributed by atoms with Crippen molar-refractivity contribution in [2.24, 2.45) is 0 Å². The van der Waals surface area contributed by atoms with Crippen molar-refractivity contribution >= 4 is 56.0 Å². The van der Waals surface area contributed by atoms with Gasteiger partial charge in [0.15, 0.2) is 0 Å². The van der Waals surface area contributed by atoms with E-state index < -0.39 is 29.5 Å². The lowest BCUT2D eigenvalue weighted by molar-refractivity contribution is 0.472. The van der Waals surface area contributed by atoms with Gasteiger partial charge in [-0.25, -0.2) is 0 Å². The maximum absolute atomic E-state index is 14.2. The average molecular weight is 1040 g/mol. The maximum atomic E-state index is 14.2. The molecule has 0 amide bonds. The first-order valence-corrected chi connectivity index (χ1v) is 30.4. The van der Waals surface area contributed by atoms with E-state index in [1.165, 1.54) is 0 Å². The molecule has 0 saturated heterocycles. The van der Waals surface area contributed by atoms with Gasteiger partial charge in [0.05, 0.1) is 26.5 Å². The summed E-state index contributed by atoms with van der Waals surface area (Å²) in [5.41, 5.74) is 8.44. The lowest BCUT2D eigenvalue weighted by Crippen LogP contribution is -2.25. The molecular formula is C60H54O9P4. The summed E-state index contributed by atoms with van der Waals surface area (Å²) in [7, 11) is -12.7. The van der Waals surface area contributed by atoms with E-state index in [4.69, 9.17) is 18.1 Å². The molecule has 0 radical (unpaired) electrons. The smallest absolute Gasteiger partial charge is 0.311 e. The van der Waals surface area contributed by atoms with Crippen molar-refractivity contribution in [3.8, 4) is 73.3 Å². The number of fused-ring (bicyclic) bond motifs is 12. The van der Waals surface area contributed by atoms with Crippen molar-refractivity contribution in [3.05, 3.63) is 218 Å². The number of hydrogen-bond donors (Lipinski definition) is 1. The summed E-state index contributed by atoms with van der Waals surface area (Å²) in [6, 6.07) is 66.1. The largest absolute Gasteiger partial charge is 0.507 e. The molecule has 0 aliphatic carbocycles. The summed E-state index contributed by atoms with van der Waals surface area (Å²) in [6.07, 6.45) is 0.262. The van der Waals surface area contributed by atoms with Gasteiger partial charge in [0.25, 0.3) is 22.1 Å². The summed E-state index contributed by atoms with van der Waals surface area (Å²) >= 11 is 0. The van der Waals surface area contributed by atoms with Gasteiger partial charge in [0.2, 0.25) is 0 Å². The molecule has 0 saturated carbocycles. The number of aryl methyl sites for hydroxylation is 1. The van der Waals surface area contributed by atoms with Gasteiger partial charge in [-0.15, -0.1) is 0 Å². The van der Waals surface area contributed by atoms with E-state index in [1.807, 2.05) is 201 Å². The predicted octanol–water partition coefficient (Wildman–Crippen LogP) is 14.9. The minimum absolute atomic E-state index is 0. The van der Waals surface area contributed by atoms with E-state index in [2.05, 4.69) is 0 Å². The van der Waals surface area contributed by atoms with E-state index in [0.717, 1.165) is 55.4 Å². The fraction of sp³-hybridized carbons (Fsp3) is 0.100. The average Bonchev–Trinajstić information content (AvgIpc) is 3.39. The Morgan fingerprint density at radius 2 is 0.671 bits per heavy atom. The Morgan fingerprint density at radius 3 is 1.11 bits per heavy atom. The standard InChI is InChI=1S/C26H20O4P2.C19H15O3P.C13H11O2P.2CH4/c27-31(25-15-7-3-11-21(25)19-9-1-5-13-23(19)29-31)17-18-32(28)26-16-8-4-12-22(26)20-10-2-6-14-24(20)30-32;1-13-10-11-16(20)19(12-13)23(21)18-9-5-3-7-15(18)14-6-2-4-8-17(14)22-23;1-16(14)13-9-5-3-7-11(13)10-6-2-4-8-12(10)15-16;;/h1-16H,17-18H2;2-12,20H,1H3;2-9H,1H3;2*1H4. The molecule has 13 heteroatoms. The summed E-state index contributed by atoms with van der Waals surface area (Å²) in [4.78, 5) is 0.